The molecule has 0 aliphatic carbocycles. The van der Waals surface area contributed by atoms with Gasteiger partial charge >= 0.3 is 5.97 Å². The zero-order valence-electron chi connectivity index (χ0n) is 16.8. The Morgan fingerprint density at radius 1 is 0.781 bits per heavy atom. The van der Waals surface area contributed by atoms with Crippen LogP contribution < -0.4 is 4.74 Å². The van der Waals surface area contributed by atoms with E-state index in [4.69, 9.17) is 33.0 Å². The van der Waals surface area contributed by atoms with Gasteiger partial charge in [0.1, 0.15) is 11.5 Å². The molecular weight excluding hydrogens is 447 g/mol. The number of benzene rings is 4. The van der Waals surface area contributed by atoms with Gasteiger partial charge in [-0.05, 0) is 52.6 Å². The first-order valence-electron chi connectivity index (χ1n) is 9.77. The molecule has 4 nitrogen and oxygen atoms in total. The van der Waals surface area contributed by atoms with E-state index in [1.54, 1.807) is 12.1 Å². The molecule has 6 heteroatoms. The van der Waals surface area contributed by atoms with Crippen LogP contribution in [0.5, 0.6) is 17.2 Å². The lowest BCUT2D eigenvalue weighted by atomic mass is 9.99. The number of rotatable bonds is 6. The second-order valence-corrected chi connectivity index (χ2v) is 8.00. The number of carbonyl (C=O) groups is 1. The van der Waals surface area contributed by atoms with Crippen molar-refractivity contribution in [3.63, 3.8) is 0 Å². The summed E-state index contributed by atoms with van der Waals surface area (Å²) < 4.78 is 5.89. The van der Waals surface area contributed by atoms with Gasteiger partial charge in [0.25, 0.3) is 0 Å². The second kappa shape index (κ2) is 9.35. The molecule has 0 aliphatic heterocycles. The van der Waals surface area contributed by atoms with Gasteiger partial charge in [-0.25, -0.2) is 0 Å². The zero-order valence-corrected chi connectivity index (χ0v) is 18.3. The molecule has 0 aliphatic rings. The first-order valence-corrected chi connectivity index (χ1v) is 10.5. The number of hydrogen-bond acceptors (Lipinski definition) is 3. The van der Waals surface area contributed by atoms with E-state index in [1.807, 2.05) is 54.6 Å². The first kappa shape index (κ1) is 21.8. The van der Waals surface area contributed by atoms with Crippen LogP contribution in [0.15, 0.2) is 84.9 Å². The number of carboxylic acid groups (broad SMARTS) is 1. The Labute approximate surface area is 195 Å². The van der Waals surface area contributed by atoms with Crippen molar-refractivity contribution in [2.45, 2.75) is 6.42 Å². The number of halogens is 2. The Bertz CT molecular complexity index is 1250. The lowest BCUT2D eigenvalue weighted by molar-refractivity contribution is -0.136. The third kappa shape index (κ3) is 4.88. The molecular formula is C26H18Cl2O4. The predicted molar refractivity (Wildman–Crippen MR) is 127 cm³/mol. The summed E-state index contributed by atoms with van der Waals surface area (Å²) >= 11 is 12.6. The van der Waals surface area contributed by atoms with Crippen molar-refractivity contribution in [3.05, 3.63) is 101 Å². The molecule has 32 heavy (non-hydrogen) atoms. The van der Waals surface area contributed by atoms with Gasteiger partial charge in [0, 0.05) is 5.56 Å². The standard InChI is InChI=1S/C26H18Cl2O4/c27-22-12-16(14-25(30)31)13-23(28)26(22)32-20-10-11-24(29)21(15-20)19-8-6-18(7-9-19)17-4-2-1-3-5-17/h1-13,15,29H,14H2,(H,30,31). The lowest BCUT2D eigenvalue weighted by Crippen LogP contribution is -2.00. The van der Waals surface area contributed by atoms with Crippen LogP contribution in [0.1, 0.15) is 5.56 Å². The van der Waals surface area contributed by atoms with E-state index in [1.165, 1.54) is 18.2 Å². The van der Waals surface area contributed by atoms with E-state index in [-0.39, 0.29) is 28.0 Å². The summed E-state index contributed by atoms with van der Waals surface area (Å²) in [6.45, 7) is 0. The average molecular weight is 465 g/mol. The van der Waals surface area contributed by atoms with Crippen molar-refractivity contribution < 1.29 is 19.7 Å². The molecule has 0 bridgehead atoms. The van der Waals surface area contributed by atoms with Gasteiger partial charge in [0.05, 0.1) is 16.5 Å². The first-order chi connectivity index (χ1) is 15.4. The number of carboxylic acids is 1. The normalized spacial score (nSPS) is 10.7. The van der Waals surface area contributed by atoms with Crippen LogP contribution in [-0.2, 0) is 11.2 Å². The number of aliphatic carboxylic acids is 1. The van der Waals surface area contributed by atoms with Gasteiger partial charge in [-0.2, -0.15) is 0 Å². The van der Waals surface area contributed by atoms with Crippen LogP contribution >= 0.6 is 23.2 Å². The van der Waals surface area contributed by atoms with Crippen LogP contribution in [0.4, 0.5) is 0 Å². The van der Waals surface area contributed by atoms with E-state index in [0.717, 1.165) is 16.7 Å². The molecule has 0 saturated heterocycles. The van der Waals surface area contributed by atoms with Crippen molar-refractivity contribution in [1.29, 1.82) is 0 Å². The third-order valence-electron chi connectivity index (χ3n) is 4.90. The van der Waals surface area contributed by atoms with Gasteiger partial charge in [-0.3, -0.25) is 4.79 Å². The average Bonchev–Trinajstić information content (AvgIpc) is 2.78. The maximum Gasteiger partial charge on any atom is 0.307 e. The minimum atomic E-state index is -0.979. The van der Waals surface area contributed by atoms with E-state index >= 15 is 0 Å². The van der Waals surface area contributed by atoms with E-state index in [2.05, 4.69) is 0 Å². The van der Waals surface area contributed by atoms with Gasteiger partial charge in [-0.15, -0.1) is 0 Å². The molecule has 0 saturated carbocycles. The summed E-state index contributed by atoms with van der Waals surface area (Å²) in [5, 5.41) is 19.8. The summed E-state index contributed by atoms with van der Waals surface area (Å²) in [5.74, 6) is -0.218. The maximum atomic E-state index is 10.9. The highest BCUT2D eigenvalue weighted by Gasteiger charge is 2.14. The molecule has 0 radical (unpaired) electrons. The molecule has 0 fully saturated rings. The Balaban J connectivity index is 1.62. The monoisotopic (exact) mass is 464 g/mol. The van der Waals surface area contributed by atoms with Crippen molar-refractivity contribution in [3.8, 4) is 39.5 Å². The largest absolute Gasteiger partial charge is 0.507 e. The van der Waals surface area contributed by atoms with Gasteiger partial charge in [0.2, 0.25) is 0 Å². The second-order valence-electron chi connectivity index (χ2n) is 7.18. The molecule has 0 amide bonds. The highest BCUT2D eigenvalue weighted by molar-refractivity contribution is 6.37. The quantitative estimate of drug-likeness (QED) is 0.310. The fraction of sp³-hybridized carbons (Fsp3) is 0.0385. The van der Waals surface area contributed by atoms with Crippen molar-refractivity contribution >= 4 is 29.2 Å². The summed E-state index contributed by atoms with van der Waals surface area (Å²) in [4.78, 5) is 10.9. The van der Waals surface area contributed by atoms with Crippen LogP contribution in [-0.4, -0.2) is 16.2 Å². The molecule has 2 N–H and O–H groups in total. The van der Waals surface area contributed by atoms with Crippen LogP contribution in [0.25, 0.3) is 22.3 Å². The molecule has 4 aromatic carbocycles. The Morgan fingerprint density at radius 2 is 1.38 bits per heavy atom. The van der Waals surface area contributed by atoms with Gasteiger partial charge in [-0.1, -0.05) is 77.8 Å². The van der Waals surface area contributed by atoms with Gasteiger partial charge < -0.3 is 14.9 Å². The third-order valence-corrected chi connectivity index (χ3v) is 5.47. The van der Waals surface area contributed by atoms with Crippen LogP contribution in [0.2, 0.25) is 10.0 Å². The SMILES string of the molecule is O=C(O)Cc1cc(Cl)c(Oc2ccc(O)c(-c3ccc(-c4ccccc4)cc3)c2)c(Cl)c1. The van der Waals surface area contributed by atoms with Crippen molar-refractivity contribution in [2.24, 2.45) is 0 Å². The molecule has 160 valence electrons. The molecule has 4 aromatic rings. The number of phenols is 1. The fourth-order valence-electron chi connectivity index (χ4n) is 3.39. The molecule has 0 spiro atoms. The zero-order chi connectivity index (χ0) is 22.7. The van der Waals surface area contributed by atoms with Crippen LogP contribution in [0, 0.1) is 0 Å². The van der Waals surface area contributed by atoms with Crippen molar-refractivity contribution in [2.75, 3.05) is 0 Å². The smallest absolute Gasteiger partial charge is 0.307 e. The fourth-order valence-corrected chi connectivity index (χ4v) is 4.00. The van der Waals surface area contributed by atoms with E-state index in [9.17, 15) is 9.90 Å². The maximum absolute atomic E-state index is 10.9. The Kier molecular flexibility index (Phi) is 6.35. The number of aromatic hydroxyl groups is 1. The summed E-state index contributed by atoms with van der Waals surface area (Å²) in [6.07, 6.45) is -0.192. The highest BCUT2D eigenvalue weighted by Crippen LogP contribution is 2.40. The van der Waals surface area contributed by atoms with E-state index in [0.29, 0.717) is 16.9 Å². The van der Waals surface area contributed by atoms with Crippen LogP contribution in [0.3, 0.4) is 0 Å². The summed E-state index contributed by atoms with van der Waals surface area (Å²) in [5.41, 5.74) is 4.07. The van der Waals surface area contributed by atoms with Crippen molar-refractivity contribution in [1.82, 2.24) is 0 Å². The number of hydrogen-bond donors (Lipinski definition) is 2. The summed E-state index contributed by atoms with van der Waals surface area (Å²) in [6, 6.07) is 25.7. The molecule has 4 rings (SSSR count). The van der Waals surface area contributed by atoms with Gasteiger partial charge in [0.15, 0.2) is 5.75 Å². The van der Waals surface area contributed by atoms with E-state index < -0.39 is 5.97 Å². The number of phenolic OH excluding ortho intramolecular Hbond substituents is 1. The Morgan fingerprint density at radius 3 is 2.00 bits per heavy atom. The lowest BCUT2D eigenvalue weighted by Gasteiger charge is -2.13. The molecule has 0 unspecified atom stereocenters. The highest BCUT2D eigenvalue weighted by atomic mass is 35.5. The topological polar surface area (TPSA) is 66.8 Å². The summed E-state index contributed by atoms with van der Waals surface area (Å²) in [7, 11) is 0. The molecule has 0 atom stereocenters. The predicted octanol–water partition coefficient (Wildman–Crippen LogP) is 7.45. The number of ether oxygens (including phenoxy) is 1. The minimum Gasteiger partial charge on any atom is -0.507 e. The molecule has 0 aromatic heterocycles. The minimum absolute atomic E-state index is 0.110. The molecule has 0 heterocycles. The Hall–Kier alpha value is -3.47.